The average Bonchev–Trinajstić information content (AvgIpc) is 2.22. The van der Waals surface area contributed by atoms with Gasteiger partial charge < -0.3 is 10.5 Å². The van der Waals surface area contributed by atoms with Gasteiger partial charge in [-0.1, -0.05) is 11.6 Å². The Morgan fingerprint density at radius 2 is 2.06 bits per heavy atom. The van der Waals surface area contributed by atoms with Gasteiger partial charge in [-0.05, 0) is 38.7 Å². The summed E-state index contributed by atoms with van der Waals surface area (Å²) in [6, 6.07) is 2.98. The predicted molar refractivity (Wildman–Crippen MR) is 68.4 cm³/mol. The molecule has 1 rings (SSSR count). The van der Waals surface area contributed by atoms with Gasteiger partial charge in [-0.3, -0.25) is 9.69 Å². The maximum Gasteiger partial charge on any atom is 0.239 e. The van der Waals surface area contributed by atoms with Crippen LogP contribution in [0.15, 0.2) is 12.1 Å². The number of methoxy groups -OCH3 is 1. The van der Waals surface area contributed by atoms with Gasteiger partial charge in [0.15, 0.2) is 0 Å². The molecule has 0 aromatic heterocycles. The number of carbonyl (C=O) groups excluding carboxylic acids is 1. The fourth-order valence-corrected chi connectivity index (χ4v) is 1.92. The van der Waals surface area contributed by atoms with E-state index in [-0.39, 0.29) is 0 Å². The molecular formula is C12H17ClN2O2. The first-order valence-electron chi connectivity index (χ1n) is 5.18. The molecular weight excluding hydrogens is 240 g/mol. The van der Waals surface area contributed by atoms with E-state index in [9.17, 15) is 4.79 Å². The zero-order chi connectivity index (χ0) is 13.2. The number of amides is 1. The molecule has 0 fully saturated rings. The van der Waals surface area contributed by atoms with Gasteiger partial charge in [0, 0.05) is 10.6 Å². The van der Waals surface area contributed by atoms with Crippen molar-refractivity contribution < 1.29 is 9.53 Å². The Labute approximate surface area is 106 Å². The Morgan fingerprint density at radius 1 is 1.47 bits per heavy atom. The maximum absolute atomic E-state index is 11.5. The molecule has 1 atom stereocenters. The van der Waals surface area contributed by atoms with Crippen LogP contribution in [0, 0.1) is 6.92 Å². The van der Waals surface area contributed by atoms with Crippen molar-refractivity contribution in [3.05, 3.63) is 28.3 Å². The second kappa shape index (κ2) is 5.38. The first-order chi connectivity index (χ1) is 7.88. The minimum Gasteiger partial charge on any atom is -0.496 e. The number of nitrogens with zero attached hydrogens (tertiary/aromatic N) is 1. The van der Waals surface area contributed by atoms with E-state index in [1.165, 1.54) is 0 Å². The fraction of sp³-hybridized carbons (Fsp3) is 0.417. The molecule has 0 saturated carbocycles. The van der Waals surface area contributed by atoms with E-state index in [4.69, 9.17) is 22.1 Å². The summed E-state index contributed by atoms with van der Waals surface area (Å²) in [6.07, 6.45) is 0. The SMILES string of the molecule is COc1cc(C)c(Cl)cc1C(C(N)=O)N(C)C. The quantitative estimate of drug-likeness (QED) is 0.893. The Morgan fingerprint density at radius 3 is 2.47 bits per heavy atom. The molecule has 17 heavy (non-hydrogen) atoms. The van der Waals surface area contributed by atoms with Crippen molar-refractivity contribution in [3.8, 4) is 5.75 Å². The van der Waals surface area contributed by atoms with Crippen molar-refractivity contribution in [2.24, 2.45) is 5.73 Å². The van der Waals surface area contributed by atoms with Gasteiger partial charge in [0.2, 0.25) is 5.91 Å². The summed E-state index contributed by atoms with van der Waals surface area (Å²) in [5.74, 6) is 0.178. The molecule has 1 unspecified atom stereocenters. The number of hydrogen-bond acceptors (Lipinski definition) is 3. The highest BCUT2D eigenvalue weighted by molar-refractivity contribution is 6.31. The van der Waals surface area contributed by atoms with E-state index >= 15 is 0 Å². The molecule has 0 radical (unpaired) electrons. The minimum atomic E-state index is -0.553. The molecule has 94 valence electrons. The standard InChI is InChI=1S/C12H17ClN2O2/c1-7-5-10(17-4)8(6-9(7)13)11(12(14)16)15(2)3/h5-6,11H,1-4H3,(H2,14,16). The third kappa shape index (κ3) is 2.90. The van der Waals surface area contributed by atoms with Gasteiger partial charge in [0.05, 0.1) is 7.11 Å². The lowest BCUT2D eigenvalue weighted by atomic mass is 10.0. The van der Waals surface area contributed by atoms with Crippen molar-refractivity contribution in [2.75, 3.05) is 21.2 Å². The smallest absolute Gasteiger partial charge is 0.239 e. The third-order valence-corrected chi connectivity index (χ3v) is 3.00. The zero-order valence-electron chi connectivity index (χ0n) is 10.5. The monoisotopic (exact) mass is 256 g/mol. The lowest BCUT2D eigenvalue weighted by Gasteiger charge is -2.23. The van der Waals surface area contributed by atoms with Crippen LogP contribution in [0.4, 0.5) is 0 Å². The summed E-state index contributed by atoms with van der Waals surface area (Å²) >= 11 is 6.07. The van der Waals surface area contributed by atoms with Crippen LogP contribution >= 0.6 is 11.6 Å². The lowest BCUT2D eigenvalue weighted by molar-refractivity contribution is -0.122. The molecule has 5 heteroatoms. The van der Waals surface area contributed by atoms with Crippen LogP contribution in [-0.2, 0) is 4.79 Å². The lowest BCUT2D eigenvalue weighted by Crippen LogP contribution is -2.33. The molecule has 0 heterocycles. The summed E-state index contributed by atoms with van der Waals surface area (Å²) in [5.41, 5.74) is 6.98. The van der Waals surface area contributed by atoms with E-state index in [0.29, 0.717) is 16.3 Å². The van der Waals surface area contributed by atoms with Crippen LogP contribution in [0.1, 0.15) is 17.2 Å². The van der Waals surface area contributed by atoms with Gasteiger partial charge in [0.1, 0.15) is 11.8 Å². The van der Waals surface area contributed by atoms with Gasteiger partial charge in [0.25, 0.3) is 0 Å². The Balaban J connectivity index is 3.36. The first-order valence-corrected chi connectivity index (χ1v) is 5.56. The summed E-state index contributed by atoms with van der Waals surface area (Å²) in [4.78, 5) is 13.2. The number of rotatable bonds is 4. The van der Waals surface area contributed by atoms with Crippen molar-refractivity contribution in [3.63, 3.8) is 0 Å². The topological polar surface area (TPSA) is 55.6 Å². The molecule has 0 aliphatic heterocycles. The number of ether oxygens (including phenoxy) is 1. The number of hydrogen-bond donors (Lipinski definition) is 1. The highest BCUT2D eigenvalue weighted by Crippen LogP contribution is 2.32. The Kier molecular flexibility index (Phi) is 4.37. The van der Waals surface area contributed by atoms with E-state index < -0.39 is 11.9 Å². The summed E-state index contributed by atoms with van der Waals surface area (Å²) in [7, 11) is 5.12. The van der Waals surface area contributed by atoms with Crippen LogP contribution in [0.2, 0.25) is 5.02 Å². The predicted octanol–water partition coefficient (Wildman–Crippen LogP) is 1.75. The van der Waals surface area contributed by atoms with Crippen LogP contribution in [0.3, 0.4) is 0 Å². The Bertz CT molecular complexity index is 433. The number of benzene rings is 1. The third-order valence-electron chi connectivity index (χ3n) is 2.59. The van der Waals surface area contributed by atoms with E-state index in [1.807, 2.05) is 6.92 Å². The summed E-state index contributed by atoms with van der Waals surface area (Å²) in [5, 5.41) is 0.592. The van der Waals surface area contributed by atoms with E-state index in [0.717, 1.165) is 5.56 Å². The van der Waals surface area contributed by atoms with Crippen molar-refractivity contribution in [2.45, 2.75) is 13.0 Å². The fourth-order valence-electron chi connectivity index (χ4n) is 1.75. The minimum absolute atomic E-state index is 0.437. The normalized spacial score (nSPS) is 12.6. The summed E-state index contributed by atoms with van der Waals surface area (Å²) < 4.78 is 5.27. The summed E-state index contributed by atoms with van der Waals surface area (Å²) in [6.45, 7) is 1.88. The highest BCUT2D eigenvalue weighted by Gasteiger charge is 2.24. The van der Waals surface area contributed by atoms with Gasteiger partial charge in [-0.15, -0.1) is 0 Å². The van der Waals surface area contributed by atoms with Crippen LogP contribution in [-0.4, -0.2) is 32.0 Å². The van der Waals surface area contributed by atoms with Crippen LogP contribution in [0.25, 0.3) is 0 Å². The van der Waals surface area contributed by atoms with Crippen molar-refractivity contribution in [1.29, 1.82) is 0 Å². The molecule has 4 nitrogen and oxygen atoms in total. The number of likely N-dealkylation sites (N-methyl/N-ethyl adjacent to an activating group) is 1. The van der Waals surface area contributed by atoms with Crippen LogP contribution < -0.4 is 10.5 Å². The molecule has 0 saturated heterocycles. The average molecular weight is 257 g/mol. The van der Waals surface area contributed by atoms with Crippen molar-refractivity contribution >= 4 is 17.5 Å². The molecule has 0 aliphatic rings. The largest absolute Gasteiger partial charge is 0.496 e. The van der Waals surface area contributed by atoms with E-state index in [1.54, 1.807) is 38.2 Å². The number of nitrogens with two attached hydrogens (primary N) is 1. The van der Waals surface area contributed by atoms with E-state index in [2.05, 4.69) is 0 Å². The zero-order valence-corrected chi connectivity index (χ0v) is 11.2. The second-order valence-electron chi connectivity index (χ2n) is 4.11. The second-order valence-corrected chi connectivity index (χ2v) is 4.52. The van der Waals surface area contributed by atoms with Gasteiger partial charge >= 0.3 is 0 Å². The number of halogens is 1. The number of aryl methyl sites for hydroxylation is 1. The molecule has 0 spiro atoms. The molecule has 1 amide bonds. The molecule has 0 aliphatic carbocycles. The molecule has 1 aromatic rings. The van der Waals surface area contributed by atoms with Gasteiger partial charge in [-0.25, -0.2) is 0 Å². The number of primary amides is 1. The molecule has 2 N–H and O–H groups in total. The Hall–Kier alpha value is -1.26. The highest BCUT2D eigenvalue weighted by atomic mass is 35.5. The first kappa shape index (κ1) is 13.8. The van der Waals surface area contributed by atoms with Gasteiger partial charge in [-0.2, -0.15) is 0 Å². The number of carbonyl (C=O) groups is 1. The molecule has 0 bridgehead atoms. The van der Waals surface area contributed by atoms with Crippen molar-refractivity contribution in [1.82, 2.24) is 4.90 Å². The van der Waals surface area contributed by atoms with Crippen LogP contribution in [0.5, 0.6) is 5.75 Å². The maximum atomic E-state index is 11.5. The molecule has 1 aromatic carbocycles.